The van der Waals surface area contributed by atoms with E-state index in [1.807, 2.05) is 13.8 Å². The van der Waals surface area contributed by atoms with Crippen LogP contribution in [-0.2, 0) is 4.79 Å². The standard InChI is InChI=1S/C14H23NO/c1-10(2)15-14(16)13-9-5-8-12(13)11-6-3-4-7-11/h6,10,12-13H,3-5,7-9H2,1-2H3,(H,15,16)/t12-,13+/m1/s1. The van der Waals surface area contributed by atoms with E-state index in [0.29, 0.717) is 5.92 Å². The maximum atomic E-state index is 12.1. The molecule has 0 saturated heterocycles. The second kappa shape index (κ2) is 5.03. The van der Waals surface area contributed by atoms with E-state index in [4.69, 9.17) is 0 Å². The molecule has 2 aliphatic carbocycles. The van der Waals surface area contributed by atoms with Crippen molar-refractivity contribution in [3.63, 3.8) is 0 Å². The fraction of sp³-hybridized carbons (Fsp3) is 0.786. The zero-order chi connectivity index (χ0) is 11.5. The van der Waals surface area contributed by atoms with Gasteiger partial charge in [-0.05, 0) is 51.9 Å². The minimum Gasteiger partial charge on any atom is -0.354 e. The molecule has 0 radical (unpaired) electrons. The van der Waals surface area contributed by atoms with Crippen LogP contribution in [0.1, 0.15) is 52.4 Å². The lowest BCUT2D eigenvalue weighted by molar-refractivity contribution is -0.126. The van der Waals surface area contributed by atoms with E-state index in [1.165, 1.54) is 32.1 Å². The molecule has 0 aromatic heterocycles. The molecule has 16 heavy (non-hydrogen) atoms. The average Bonchev–Trinajstić information content (AvgIpc) is 2.87. The molecule has 2 atom stereocenters. The SMILES string of the molecule is CC(C)NC(=O)[C@H]1CCC[C@@H]1C1=CCCC1. The fourth-order valence-corrected chi connectivity index (χ4v) is 3.14. The van der Waals surface area contributed by atoms with Crippen molar-refractivity contribution in [2.75, 3.05) is 0 Å². The third kappa shape index (κ3) is 2.47. The van der Waals surface area contributed by atoms with Crippen molar-refractivity contribution in [2.24, 2.45) is 11.8 Å². The van der Waals surface area contributed by atoms with Gasteiger partial charge < -0.3 is 5.32 Å². The van der Waals surface area contributed by atoms with E-state index in [9.17, 15) is 4.79 Å². The highest BCUT2D eigenvalue weighted by Crippen LogP contribution is 2.40. The molecule has 2 rings (SSSR count). The largest absolute Gasteiger partial charge is 0.354 e. The Labute approximate surface area is 98.5 Å². The van der Waals surface area contributed by atoms with Crippen LogP contribution >= 0.6 is 0 Å². The zero-order valence-corrected chi connectivity index (χ0v) is 10.5. The van der Waals surface area contributed by atoms with E-state index < -0.39 is 0 Å². The lowest BCUT2D eigenvalue weighted by Crippen LogP contribution is -2.37. The van der Waals surface area contributed by atoms with Crippen LogP contribution in [-0.4, -0.2) is 11.9 Å². The van der Waals surface area contributed by atoms with Crippen molar-refractivity contribution < 1.29 is 4.79 Å². The molecule has 1 fully saturated rings. The van der Waals surface area contributed by atoms with Gasteiger partial charge in [0, 0.05) is 12.0 Å². The summed E-state index contributed by atoms with van der Waals surface area (Å²) in [7, 11) is 0. The van der Waals surface area contributed by atoms with Crippen LogP contribution in [0.15, 0.2) is 11.6 Å². The van der Waals surface area contributed by atoms with E-state index in [-0.39, 0.29) is 17.9 Å². The van der Waals surface area contributed by atoms with Gasteiger partial charge in [0.25, 0.3) is 0 Å². The molecular weight excluding hydrogens is 198 g/mol. The first-order valence-electron chi connectivity index (χ1n) is 6.68. The lowest BCUT2D eigenvalue weighted by Gasteiger charge is -2.21. The Bertz CT molecular complexity index is 293. The third-order valence-electron chi connectivity index (χ3n) is 3.84. The van der Waals surface area contributed by atoms with Gasteiger partial charge in [0.2, 0.25) is 5.91 Å². The molecule has 1 amide bonds. The number of hydrogen-bond donors (Lipinski definition) is 1. The average molecular weight is 221 g/mol. The van der Waals surface area contributed by atoms with Crippen LogP contribution in [0.25, 0.3) is 0 Å². The van der Waals surface area contributed by atoms with Gasteiger partial charge in [-0.25, -0.2) is 0 Å². The summed E-state index contributed by atoms with van der Waals surface area (Å²) < 4.78 is 0. The van der Waals surface area contributed by atoms with Crippen LogP contribution in [0, 0.1) is 11.8 Å². The molecule has 0 aromatic rings. The molecule has 1 N–H and O–H groups in total. The molecular formula is C14H23NO. The van der Waals surface area contributed by atoms with Gasteiger partial charge in [-0.15, -0.1) is 0 Å². The molecule has 0 unspecified atom stereocenters. The second-order valence-corrected chi connectivity index (χ2v) is 5.48. The molecule has 0 aliphatic heterocycles. The Hall–Kier alpha value is -0.790. The highest BCUT2D eigenvalue weighted by atomic mass is 16.1. The Morgan fingerprint density at radius 1 is 1.38 bits per heavy atom. The molecule has 0 bridgehead atoms. The van der Waals surface area contributed by atoms with Gasteiger partial charge in [-0.1, -0.05) is 18.1 Å². The van der Waals surface area contributed by atoms with Gasteiger partial charge in [0.1, 0.15) is 0 Å². The van der Waals surface area contributed by atoms with Crippen LogP contribution < -0.4 is 5.32 Å². The zero-order valence-electron chi connectivity index (χ0n) is 10.5. The maximum absolute atomic E-state index is 12.1. The van der Waals surface area contributed by atoms with Gasteiger partial charge in [0.05, 0.1) is 0 Å². The number of allylic oxidation sites excluding steroid dienone is 2. The van der Waals surface area contributed by atoms with Crippen molar-refractivity contribution in [3.05, 3.63) is 11.6 Å². The van der Waals surface area contributed by atoms with Crippen LogP contribution in [0.3, 0.4) is 0 Å². The van der Waals surface area contributed by atoms with Crippen molar-refractivity contribution in [1.29, 1.82) is 0 Å². The van der Waals surface area contributed by atoms with E-state index in [0.717, 1.165) is 6.42 Å². The Kier molecular flexibility index (Phi) is 3.67. The van der Waals surface area contributed by atoms with Gasteiger partial charge in [-0.2, -0.15) is 0 Å². The summed E-state index contributed by atoms with van der Waals surface area (Å²) in [5.74, 6) is 1.10. The first-order chi connectivity index (χ1) is 7.68. The smallest absolute Gasteiger partial charge is 0.223 e. The van der Waals surface area contributed by atoms with E-state index >= 15 is 0 Å². The summed E-state index contributed by atoms with van der Waals surface area (Å²) in [6.45, 7) is 4.08. The Morgan fingerprint density at radius 2 is 2.19 bits per heavy atom. The summed E-state index contributed by atoms with van der Waals surface area (Å²) in [6.07, 6.45) is 9.66. The molecule has 0 aromatic carbocycles. The number of carbonyl (C=O) groups is 1. The van der Waals surface area contributed by atoms with Gasteiger partial charge in [0.15, 0.2) is 0 Å². The van der Waals surface area contributed by atoms with Crippen LogP contribution in [0.5, 0.6) is 0 Å². The summed E-state index contributed by atoms with van der Waals surface area (Å²) in [5, 5.41) is 3.07. The van der Waals surface area contributed by atoms with Crippen molar-refractivity contribution in [2.45, 2.75) is 58.4 Å². The third-order valence-corrected chi connectivity index (χ3v) is 3.84. The number of hydrogen-bond acceptors (Lipinski definition) is 1. The number of carbonyl (C=O) groups excluding carboxylic acids is 1. The number of amides is 1. The second-order valence-electron chi connectivity index (χ2n) is 5.48. The minimum atomic E-state index is 0.256. The molecule has 2 nitrogen and oxygen atoms in total. The van der Waals surface area contributed by atoms with Gasteiger partial charge >= 0.3 is 0 Å². The summed E-state index contributed by atoms with van der Waals surface area (Å²) in [5.41, 5.74) is 1.57. The first-order valence-corrected chi connectivity index (χ1v) is 6.68. The number of nitrogens with one attached hydrogen (secondary N) is 1. The molecule has 0 heterocycles. The van der Waals surface area contributed by atoms with Crippen molar-refractivity contribution in [1.82, 2.24) is 5.32 Å². The Morgan fingerprint density at radius 3 is 2.81 bits per heavy atom. The maximum Gasteiger partial charge on any atom is 0.223 e. The molecule has 2 aliphatic rings. The minimum absolute atomic E-state index is 0.256. The molecule has 2 heteroatoms. The van der Waals surface area contributed by atoms with E-state index in [2.05, 4.69) is 11.4 Å². The highest BCUT2D eigenvalue weighted by molar-refractivity contribution is 5.80. The van der Waals surface area contributed by atoms with E-state index in [1.54, 1.807) is 5.57 Å². The lowest BCUT2D eigenvalue weighted by atomic mass is 9.87. The topological polar surface area (TPSA) is 29.1 Å². The summed E-state index contributed by atoms with van der Waals surface area (Å²) in [6, 6.07) is 0.270. The predicted octanol–water partition coefficient (Wildman–Crippen LogP) is 3.04. The number of rotatable bonds is 3. The Balaban J connectivity index is 2.00. The highest BCUT2D eigenvalue weighted by Gasteiger charge is 2.35. The summed E-state index contributed by atoms with van der Waals surface area (Å²) in [4.78, 5) is 12.1. The predicted molar refractivity (Wildman–Crippen MR) is 66.0 cm³/mol. The monoisotopic (exact) mass is 221 g/mol. The van der Waals surface area contributed by atoms with Gasteiger partial charge in [-0.3, -0.25) is 4.79 Å². The summed E-state index contributed by atoms with van der Waals surface area (Å²) >= 11 is 0. The fourth-order valence-electron chi connectivity index (χ4n) is 3.14. The molecule has 0 spiro atoms. The first kappa shape index (κ1) is 11.7. The van der Waals surface area contributed by atoms with Crippen LogP contribution in [0.2, 0.25) is 0 Å². The molecule has 1 saturated carbocycles. The van der Waals surface area contributed by atoms with Crippen LogP contribution in [0.4, 0.5) is 0 Å². The quantitative estimate of drug-likeness (QED) is 0.729. The van der Waals surface area contributed by atoms with Crippen molar-refractivity contribution in [3.8, 4) is 0 Å². The van der Waals surface area contributed by atoms with Crippen molar-refractivity contribution >= 4 is 5.91 Å². The molecule has 90 valence electrons. The normalized spacial score (nSPS) is 29.6.